The van der Waals surface area contributed by atoms with E-state index in [-0.39, 0.29) is 0 Å². The summed E-state index contributed by atoms with van der Waals surface area (Å²) >= 11 is 0. The van der Waals surface area contributed by atoms with Crippen LogP contribution >= 0.6 is 0 Å². The molecule has 2 aliphatic carbocycles. The molecule has 1 saturated heterocycles. The van der Waals surface area contributed by atoms with Crippen LogP contribution in [0.15, 0.2) is 0 Å². The second kappa shape index (κ2) is 6.93. The first-order chi connectivity index (χ1) is 9.84. The van der Waals surface area contributed by atoms with E-state index in [2.05, 4.69) is 9.80 Å². The lowest BCUT2D eigenvalue weighted by Crippen LogP contribution is -2.46. The second-order valence-corrected chi connectivity index (χ2v) is 7.01. The highest BCUT2D eigenvalue weighted by Gasteiger charge is 2.38. The van der Waals surface area contributed by atoms with Gasteiger partial charge in [-0.2, -0.15) is 0 Å². The Hall–Kier alpha value is -0.570. The number of hydrogen-bond donors (Lipinski definition) is 0. The fourth-order valence-corrected chi connectivity index (χ4v) is 3.98. The van der Waals surface area contributed by atoms with Crippen LogP contribution in [0.4, 0.5) is 0 Å². The Morgan fingerprint density at radius 2 is 1.35 bits per heavy atom. The number of hydrogen-bond acceptors (Lipinski definition) is 2. The Bertz CT molecular complexity index is 313. The van der Waals surface area contributed by atoms with Crippen LogP contribution in [0, 0.1) is 0 Å². The van der Waals surface area contributed by atoms with Crippen molar-refractivity contribution in [3.8, 4) is 0 Å². The second-order valence-electron chi connectivity index (χ2n) is 7.01. The number of nitrogens with zero attached hydrogens (tertiary/aromatic N) is 2. The van der Waals surface area contributed by atoms with Gasteiger partial charge in [0.05, 0.1) is 6.54 Å². The molecule has 2 saturated carbocycles. The van der Waals surface area contributed by atoms with Crippen molar-refractivity contribution in [2.75, 3.05) is 19.6 Å². The van der Waals surface area contributed by atoms with Crippen LogP contribution in [0.3, 0.4) is 0 Å². The summed E-state index contributed by atoms with van der Waals surface area (Å²) in [6, 6.07) is 1.17. The van der Waals surface area contributed by atoms with Crippen LogP contribution in [0.2, 0.25) is 0 Å². The zero-order valence-corrected chi connectivity index (χ0v) is 12.9. The Morgan fingerprint density at radius 3 is 1.95 bits per heavy atom. The summed E-state index contributed by atoms with van der Waals surface area (Å²) in [4.78, 5) is 17.5. The number of likely N-dealkylation sites (tertiary alicyclic amines) is 1. The SMILES string of the molecule is O=C(CN1CCCCCCC1)N(C1CCCC1)C1CC1. The smallest absolute Gasteiger partial charge is 0.237 e. The van der Waals surface area contributed by atoms with Gasteiger partial charge < -0.3 is 4.90 Å². The summed E-state index contributed by atoms with van der Waals surface area (Å²) in [5.41, 5.74) is 0. The van der Waals surface area contributed by atoms with Crippen molar-refractivity contribution in [3.05, 3.63) is 0 Å². The molecule has 20 heavy (non-hydrogen) atoms. The van der Waals surface area contributed by atoms with Crippen molar-refractivity contribution >= 4 is 5.91 Å². The van der Waals surface area contributed by atoms with E-state index in [1.807, 2.05) is 0 Å². The molecule has 3 aliphatic rings. The zero-order chi connectivity index (χ0) is 13.8. The molecule has 0 aromatic rings. The van der Waals surface area contributed by atoms with E-state index < -0.39 is 0 Å². The third-order valence-electron chi connectivity index (χ3n) is 5.25. The van der Waals surface area contributed by atoms with Crippen molar-refractivity contribution < 1.29 is 4.79 Å². The molecule has 0 N–H and O–H groups in total. The molecule has 0 aromatic carbocycles. The highest BCUT2D eigenvalue weighted by atomic mass is 16.2. The number of carbonyl (C=O) groups excluding carboxylic acids is 1. The number of carbonyl (C=O) groups is 1. The number of amides is 1. The lowest BCUT2D eigenvalue weighted by Gasteiger charge is -2.32. The summed E-state index contributed by atoms with van der Waals surface area (Å²) in [7, 11) is 0. The summed E-state index contributed by atoms with van der Waals surface area (Å²) < 4.78 is 0. The number of rotatable bonds is 4. The minimum absolute atomic E-state index is 0.431. The third-order valence-corrected chi connectivity index (χ3v) is 5.25. The van der Waals surface area contributed by atoms with Crippen molar-refractivity contribution in [1.82, 2.24) is 9.80 Å². The minimum atomic E-state index is 0.431. The molecular weight excluding hydrogens is 248 g/mol. The van der Waals surface area contributed by atoms with E-state index in [1.165, 1.54) is 70.6 Å². The maximum atomic E-state index is 12.8. The van der Waals surface area contributed by atoms with Gasteiger partial charge in [-0.3, -0.25) is 9.69 Å². The van der Waals surface area contributed by atoms with Crippen molar-refractivity contribution in [2.45, 2.75) is 82.7 Å². The van der Waals surface area contributed by atoms with Gasteiger partial charge in [-0.15, -0.1) is 0 Å². The Morgan fingerprint density at radius 1 is 0.800 bits per heavy atom. The largest absolute Gasteiger partial charge is 0.336 e. The van der Waals surface area contributed by atoms with E-state index in [9.17, 15) is 4.79 Å². The van der Waals surface area contributed by atoms with Crippen LogP contribution in [0.5, 0.6) is 0 Å². The molecule has 0 spiro atoms. The van der Waals surface area contributed by atoms with Crippen LogP contribution in [0.25, 0.3) is 0 Å². The van der Waals surface area contributed by atoms with Crippen molar-refractivity contribution in [3.63, 3.8) is 0 Å². The van der Waals surface area contributed by atoms with Gasteiger partial charge in [0.15, 0.2) is 0 Å². The molecular formula is C17H30N2O. The van der Waals surface area contributed by atoms with Crippen LogP contribution in [0.1, 0.15) is 70.6 Å². The topological polar surface area (TPSA) is 23.6 Å². The first kappa shape index (κ1) is 14.4. The minimum Gasteiger partial charge on any atom is -0.336 e. The Balaban J connectivity index is 1.55. The molecule has 3 fully saturated rings. The van der Waals surface area contributed by atoms with Gasteiger partial charge in [0.25, 0.3) is 0 Å². The van der Waals surface area contributed by atoms with Gasteiger partial charge in [-0.1, -0.05) is 32.1 Å². The highest BCUT2D eigenvalue weighted by Crippen LogP contribution is 2.34. The normalized spacial score (nSPS) is 26.2. The van der Waals surface area contributed by atoms with E-state index in [1.54, 1.807) is 0 Å². The average Bonchev–Trinajstić information content (AvgIpc) is 3.07. The van der Waals surface area contributed by atoms with E-state index in [4.69, 9.17) is 0 Å². The molecule has 3 nitrogen and oxygen atoms in total. The monoisotopic (exact) mass is 278 g/mol. The third kappa shape index (κ3) is 3.75. The molecule has 1 heterocycles. The van der Waals surface area contributed by atoms with Crippen molar-refractivity contribution in [2.24, 2.45) is 0 Å². The average molecular weight is 278 g/mol. The summed E-state index contributed by atoms with van der Waals surface area (Å²) in [6.07, 6.45) is 14.3. The van der Waals surface area contributed by atoms with Gasteiger partial charge in [-0.25, -0.2) is 0 Å². The fourth-order valence-electron chi connectivity index (χ4n) is 3.98. The van der Waals surface area contributed by atoms with E-state index in [0.29, 0.717) is 24.5 Å². The fraction of sp³-hybridized carbons (Fsp3) is 0.941. The zero-order valence-electron chi connectivity index (χ0n) is 12.9. The van der Waals surface area contributed by atoms with Gasteiger partial charge in [0.2, 0.25) is 5.91 Å². The summed E-state index contributed by atoms with van der Waals surface area (Å²) in [5, 5.41) is 0. The van der Waals surface area contributed by atoms with Gasteiger partial charge in [0, 0.05) is 12.1 Å². The first-order valence-electron chi connectivity index (χ1n) is 8.88. The molecule has 1 amide bonds. The molecule has 0 aromatic heterocycles. The summed E-state index contributed by atoms with van der Waals surface area (Å²) in [5.74, 6) is 0.431. The van der Waals surface area contributed by atoms with Gasteiger partial charge in [-0.05, 0) is 51.6 Å². The molecule has 1 aliphatic heterocycles. The first-order valence-corrected chi connectivity index (χ1v) is 8.88. The quantitative estimate of drug-likeness (QED) is 0.788. The predicted molar refractivity (Wildman–Crippen MR) is 81.6 cm³/mol. The predicted octanol–water partition coefficient (Wildman–Crippen LogP) is 3.19. The van der Waals surface area contributed by atoms with Gasteiger partial charge >= 0.3 is 0 Å². The van der Waals surface area contributed by atoms with Crippen LogP contribution in [-0.2, 0) is 4.79 Å². The molecule has 0 unspecified atom stereocenters. The Labute approximate surface area is 123 Å². The lowest BCUT2D eigenvalue weighted by atomic mass is 10.1. The maximum absolute atomic E-state index is 12.8. The van der Waals surface area contributed by atoms with Crippen molar-refractivity contribution in [1.29, 1.82) is 0 Å². The maximum Gasteiger partial charge on any atom is 0.237 e. The molecule has 114 valence electrons. The molecule has 0 radical (unpaired) electrons. The van der Waals surface area contributed by atoms with E-state index in [0.717, 1.165) is 13.1 Å². The molecule has 3 heteroatoms. The standard InChI is InChI=1S/C17H30N2O/c20-17(14-18-12-6-2-1-3-7-13-18)19(16-10-11-16)15-8-4-5-9-15/h15-16H,1-14H2. The highest BCUT2D eigenvalue weighted by molar-refractivity contribution is 5.79. The Kier molecular flexibility index (Phi) is 4.98. The molecule has 0 bridgehead atoms. The van der Waals surface area contributed by atoms with Gasteiger partial charge in [0.1, 0.15) is 0 Å². The van der Waals surface area contributed by atoms with Crippen LogP contribution < -0.4 is 0 Å². The summed E-state index contributed by atoms with van der Waals surface area (Å²) in [6.45, 7) is 2.96. The van der Waals surface area contributed by atoms with Crippen LogP contribution in [-0.4, -0.2) is 47.4 Å². The van der Waals surface area contributed by atoms with E-state index >= 15 is 0 Å². The molecule has 0 atom stereocenters. The lowest BCUT2D eigenvalue weighted by molar-refractivity contribution is -0.135. The molecule has 3 rings (SSSR count).